The number of hydrogen-bond acceptors (Lipinski definition) is 1. The van der Waals surface area contributed by atoms with Crippen molar-refractivity contribution in [1.29, 1.82) is 0 Å². The molecule has 0 radical (unpaired) electrons. The SMILES string of the molecule is CCc1ccc(/C=C(\C(=O)O)c2ccc(Br)cc2)cc1. The third-order valence-corrected chi connectivity index (χ3v) is 3.61. The number of halogens is 1. The van der Waals surface area contributed by atoms with E-state index in [1.807, 2.05) is 36.4 Å². The Morgan fingerprint density at radius 3 is 2.20 bits per heavy atom. The van der Waals surface area contributed by atoms with Gasteiger partial charge in [0.2, 0.25) is 0 Å². The molecular formula is C17H15BrO2. The first-order valence-corrected chi connectivity index (χ1v) is 7.19. The van der Waals surface area contributed by atoms with Crippen LogP contribution in [0.5, 0.6) is 0 Å². The van der Waals surface area contributed by atoms with Crippen LogP contribution in [-0.4, -0.2) is 11.1 Å². The average Bonchev–Trinajstić information content (AvgIpc) is 2.46. The Balaban J connectivity index is 2.39. The minimum Gasteiger partial charge on any atom is -0.478 e. The van der Waals surface area contributed by atoms with Crippen LogP contribution in [0, 0.1) is 0 Å². The Morgan fingerprint density at radius 2 is 1.70 bits per heavy atom. The van der Waals surface area contributed by atoms with Crippen molar-refractivity contribution in [2.24, 2.45) is 0 Å². The zero-order chi connectivity index (χ0) is 14.5. The van der Waals surface area contributed by atoms with Crippen LogP contribution in [0.25, 0.3) is 11.6 Å². The molecule has 20 heavy (non-hydrogen) atoms. The van der Waals surface area contributed by atoms with Gasteiger partial charge in [-0.3, -0.25) is 0 Å². The van der Waals surface area contributed by atoms with E-state index in [1.54, 1.807) is 18.2 Å². The standard InChI is InChI=1S/C17H15BrO2/c1-2-12-3-5-13(6-4-12)11-16(17(19)20)14-7-9-15(18)10-8-14/h3-11H,2H2,1H3,(H,19,20)/b16-11-. The quantitative estimate of drug-likeness (QED) is 0.655. The number of carboxylic acids is 1. The highest BCUT2D eigenvalue weighted by molar-refractivity contribution is 9.10. The molecular weight excluding hydrogens is 316 g/mol. The van der Waals surface area contributed by atoms with Crippen LogP contribution in [0.4, 0.5) is 0 Å². The van der Waals surface area contributed by atoms with Crippen LogP contribution in [0.15, 0.2) is 53.0 Å². The van der Waals surface area contributed by atoms with Crippen molar-refractivity contribution < 1.29 is 9.90 Å². The molecule has 0 heterocycles. The first-order valence-electron chi connectivity index (χ1n) is 6.40. The van der Waals surface area contributed by atoms with Crippen molar-refractivity contribution in [3.05, 3.63) is 69.7 Å². The molecule has 3 heteroatoms. The van der Waals surface area contributed by atoms with Gasteiger partial charge in [-0.25, -0.2) is 4.79 Å². The minimum atomic E-state index is -0.924. The summed E-state index contributed by atoms with van der Waals surface area (Å²) in [6, 6.07) is 15.2. The predicted octanol–water partition coefficient (Wildman–Crippen LogP) is 4.64. The highest BCUT2D eigenvalue weighted by Gasteiger charge is 2.10. The molecule has 2 aromatic rings. The summed E-state index contributed by atoms with van der Waals surface area (Å²) >= 11 is 3.35. The van der Waals surface area contributed by atoms with Crippen LogP contribution in [0.3, 0.4) is 0 Å². The lowest BCUT2D eigenvalue weighted by Crippen LogP contribution is -1.99. The van der Waals surface area contributed by atoms with Crippen molar-refractivity contribution >= 4 is 33.5 Å². The van der Waals surface area contributed by atoms with Gasteiger partial charge in [0.1, 0.15) is 0 Å². The number of benzene rings is 2. The first kappa shape index (κ1) is 14.5. The highest BCUT2D eigenvalue weighted by atomic mass is 79.9. The highest BCUT2D eigenvalue weighted by Crippen LogP contribution is 2.21. The van der Waals surface area contributed by atoms with Gasteiger partial charge in [-0.05, 0) is 41.3 Å². The summed E-state index contributed by atoms with van der Waals surface area (Å²) in [7, 11) is 0. The second kappa shape index (κ2) is 6.53. The third-order valence-electron chi connectivity index (χ3n) is 3.08. The van der Waals surface area contributed by atoms with Crippen LogP contribution >= 0.6 is 15.9 Å². The van der Waals surface area contributed by atoms with Crippen molar-refractivity contribution in [3.63, 3.8) is 0 Å². The molecule has 0 saturated heterocycles. The molecule has 0 atom stereocenters. The van der Waals surface area contributed by atoms with E-state index in [-0.39, 0.29) is 0 Å². The predicted molar refractivity (Wildman–Crippen MR) is 85.5 cm³/mol. The molecule has 0 bridgehead atoms. The molecule has 102 valence electrons. The lowest BCUT2D eigenvalue weighted by molar-refractivity contribution is -0.130. The summed E-state index contributed by atoms with van der Waals surface area (Å²) in [5.41, 5.74) is 3.12. The monoisotopic (exact) mass is 330 g/mol. The van der Waals surface area contributed by atoms with Gasteiger partial charge in [-0.15, -0.1) is 0 Å². The lowest BCUT2D eigenvalue weighted by atomic mass is 10.0. The van der Waals surface area contributed by atoms with Gasteiger partial charge in [0.05, 0.1) is 5.57 Å². The van der Waals surface area contributed by atoms with E-state index in [0.717, 1.165) is 16.5 Å². The second-order valence-corrected chi connectivity index (χ2v) is 5.38. The van der Waals surface area contributed by atoms with E-state index in [0.29, 0.717) is 11.1 Å². The third kappa shape index (κ3) is 3.58. The maximum atomic E-state index is 11.4. The Kier molecular flexibility index (Phi) is 4.74. The smallest absolute Gasteiger partial charge is 0.336 e. The Hall–Kier alpha value is -1.87. The lowest BCUT2D eigenvalue weighted by Gasteiger charge is -2.04. The van der Waals surface area contributed by atoms with E-state index in [1.165, 1.54) is 5.56 Å². The molecule has 0 amide bonds. The zero-order valence-electron chi connectivity index (χ0n) is 11.1. The summed E-state index contributed by atoms with van der Waals surface area (Å²) in [5, 5.41) is 9.38. The first-order chi connectivity index (χ1) is 9.60. The van der Waals surface area contributed by atoms with Gasteiger partial charge in [0.25, 0.3) is 0 Å². The molecule has 0 aliphatic rings. The van der Waals surface area contributed by atoms with Crippen molar-refractivity contribution in [1.82, 2.24) is 0 Å². The van der Waals surface area contributed by atoms with E-state index >= 15 is 0 Å². The summed E-state index contributed by atoms with van der Waals surface area (Å²) in [6.45, 7) is 2.09. The van der Waals surface area contributed by atoms with E-state index in [4.69, 9.17) is 0 Å². The fourth-order valence-electron chi connectivity index (χ4n) is 1.91. The number of aliphatic carboxylic acids is 1. The number of carboxylic acid groups (broad SMARTS) is 1. The maximum Gasteiger partial charge on any atom is 0.336 e. The summed E-state index contributed by atoms with van der Waals surface area (Å²) in [5.74, 6) is -0.924. The number of carbonyl (C=O) groups is 1. The van der Waals surface area contributed by atoms with Gasteiger partial charge in [-0.1, -0.05) is 59.3 Å². The van der Waals surface area contributed by atoms with Gasteiger partial charge in [-0.2, -0.15) is 0 Å². The Labute approximate surface area is 126 Å². The Morgan fingerprint density at radius 1 is 1.10 bits per heavy atom. The van der Waals surface area contributed by atoms with E-state index in [2.05, 4.69) is 22.9 Å². The minimum absolute atomic E-state index is 0.293. The van der Waals surface area contributed by atoms with Crippen LogP contribution < -0.4 is 0 Å². The van der Waals surface area contributed by atoms with Gasteiger partial charge in [0.15, 0.2) is 0 Å². The summed E-state index contributed by atoms with van der Waals surface area (Å²) in [6.07, 6.45) is 2.67. The van der Waals surface area contributed by atoms with Gasteiger partial charge < -0.3 is 5.11 Å². The van der Waals surface area contributed by atoms with Crippen LogP contribution in [-0.2, 0) is 11.2 Å². The molecule has 0 saturated carbocycles. The average molecular weight is 331 g/mol. The molecule has 1 N–H and O–H groups in total. The maximum absolute atomic E-state index is 11.4. The number of rotatable bonds is 4. The molecule has 0 aliphatic carbocycles. The Bertz CT molecular complexity index is 625. The van der Waals surface area contributed by atoms with Crippen molar-refractivity contribution in [3.8, 4) is 0 Å². The summed E-state index contributed by atoms with van der Waals surface area (Å²) < 4.78 is 0.929. The normalized spacial score (nSPS) is 11.4. The number of aryl methyl sites for hydroxylation is 1. The fraction of sp³-hybridized carbons (Fsp3) is 0.118. The van der Waals surface area contributed by atoms with Crippen molar-refractivity contribution in [2.45, 2.75) is 13.3 Å². The van der Waals surface area contributed by atoms with Gasteiger partial charge in [0, 0.05) is 4.47 Å². The largest absolute Gasteiger partial charge is 0.478 e. The van der Waals surface area contributed by atoms with Crippen LogP contribution in [0.1, 0.15) is 23.6 Å². The van der Waals surface area contributed by atoms with E-state index < -0.39 is 5.97 Å². The van der Waals surface area contributed by atoms with E-state index in [9.17, 15) is 9.90 Å². The summed E-state index contributed by atoms with van der Waals surface area (Å²) in [4.78, 5) is 11.4. The molecule has 2 nitrogen and oxygen atoms in total. The molecule has 0 fully saturated rings. The molecule has 0 spiro atoms. The zero-order valence-corrected chi connectivity index (χ0v) is 12.7. The molecule has 0 unspecified atom stereocenters. The van der Waals surface area contributed by atoms with Crippen LogP contribution in [0.2, 0.25) is 0 Å². The van der Waals surface area contributed by atoms with Gasteiger partial charge >= 0.3 is 5.97 Å². The topological polar surface area (TPSA) is 37.3 Å². The molecule has 0 aliphatic heterocycles. The van der Waals surface area contributed by atoms with Crippen molar-refractivity contribution in [2.75, 3.05) is 0 Å². The fourth-order valence-corrected chi connectivity index (χ4v) is 2.18. The molecule has 0 aromatic heterocycles. The molecule has 2 rings (SSSR count). The number of hydrogen-bond donors (Lipinski definition) is 1. The molecule has 2 aromatic carbocycles. The second-order valence-electron chi connectivity index (χ2n) is 4.47.